The van der Waals surface area contributed by atoms with Crippen molar-refractivity contribution in [2.45, 2.75) is 32.3 Å². The van der Waals surface area contributed by atoms with Gasteiger partial charge in [-0.3, -0.25) is 4.79 Å². The highest BCUT2D eigenvalue weighted by molar-refractivity contribution is 5.96. The first kappa shape index (κ1) is 14.0. The van der Waals surface area contributed by atoms with Crippen LogP contribution in [-0.2, 0) is 0 Å². The number of alkyl halides is 2. The SMILES string of the molecule is O=C(N/N=C1\C[C@@H]2CC[C@H]1C2)c1ccc(OC(F)F)cc1. The number of hydrogen-bond donors (Lipinski definition) is 1. The van der Waals surface area contributed by atoms with E-state index in [2.05, 4.69) is 15.3 Å². The van der Waals surface area contributed by atoms with E-state index in [0.29, 0.717) is 11.5 Å². The van der Waals surface area contributed by atoms with Crippen LogP contribution in [0.15, 0.2) is 29.4 Å². The van der Waals surface area contributed by atoms with Crippen LogP contribution in [0.1, 0.15) is 36.0 Å². The quantitative estimate of drug-likeness (QED) is 0.867. The molecule has 1 N–H and O–H groups in total. The number of nitrogens with zero attached hydrogens (tertiary/aromatic N) is 1. The molecule has 3 rings (SSSR count). The van der Waals surface area contributed by atoms with Crippen LogP contribution in [-0.4, -0.2) is 18.2 Å². The molecule has 4 nitrogen and oxygen atoms in total. The Hall–Kier alpha value is -1.98. The molecule has 2 aliphatic rings. The maximum absolute atomic E-state index is 12.0. The second-order valence-electron chi connectivity index (χ2n) is 5.53. The fourth-order valence-electron chi connectivity index (χ4n) is 3.14. The van der Waals surface area contributed by atoms with E-state index >= 15 is 0 Å². The molecular weight excluding hydrogens is 278 g/mol. The molecule has 6 heteroatoms. The Labute approximate surface area is 121 Å². The Bertz CT molecular complexity index is 557. The molecule has 0 saturated heterocycles. The third-order valence-electron chi connectivity index (χ3n) is 4.15. The molecule has 2 fully saturated rings. The number of benzene rings is 1. The van der Waals surface area contributed by atoms with Gasteiger partial charge in [0.25, 0.3) is 5.91 Å². The summed E-state index contributed by atoms with van der Waals surface area (Å²) < 4.78 is 28.3. The lowest BCUT2D eigenvalue weighted by molar-refractivity contribution is -0.0498. The minimum Gasteiger partial charge on any atom is -0.435 e. The molecule has 0 spiro atoms. The number of fused-ring (bicyclic) bond motifs is 2. The van der Waals surface area contributed by atoms with E-state index in [1.807, 2.05) is 0 Å². The van der Waals surface area contributed by atoms with E-state index in [1.54, 1.807) is 0 Å². The van der Waals surface area contributed by atoms with Gasteiger partial charge >= 0.3 is 6.61 Å². The van der Waals surface area contributed by atoms with Gasteiger partial charge < -0.3 is 4.74 Å². The van der Waals surface area contributed by atoms with Crippen molar-refractivity contribution >= 4 is 11.6 Å². The summed E-state index contributed by atoms with van der Waals surface area (Å²) in [7, 11) is 0. The van der Waals surface area contributed by atoms with Crippen LogP contribution in [0.5, 0.6) is 5.75 Å². The van der Waals surface area contributed by atoms with Crippen molar-refractivity contribution in [1.82, 2.24) is 5.43 Å². The Morgan fingerprint density at radius 1 is 1.29 bits per heavy atom. The van der Waals surface area contributed by atoms with Gasteiger partial charge in [-0.1, -0.05) is 0 Å². The number of carbonyl (C=O) groups excluding carboxylic acids is 1. The van der Waals surface area contributed by atoms with Crippen LogP contribution in [0, 0.1) is 11.8 Å². The number of hydrogen-bond acceptors (Lipinski definition) is 3. The Kier molecular flexibility index (Phi) is 3.86. The van der Waals surface area contributed by atoms with Crippen LogP contribution in [0.3, 0.4) is 0 Å². The molecule has 2 saturated carbocycles. The number of nitrogens with one attached hydrogen (secondary N) is 1. The zero-order valence-corrected chi connectivity index (χ0v) is 11.4. The maximum atomic E-state index is 12.0. The van der Waals surface area contributed by atoms with Gasteiger partial charge in [-0.05, 0) is 61.8 Å². The number of carbonyl (C=O) groups is 1. The van der Waals surface area contributed by atoms with Crippen molar-refractivity contribution in [2.75, 3.05) is 0 Å². The molecule has 2 atom stereocenters. The van der Waals surface area contributed by atoms with Crippen molar-refractivity contribution in [3.05, 3.63) is 29.8 Å². The van der Waals surface area contributed by atoms with Crippen LogP contribution in [0.2, 0.25) is 0 Å². The van der Waals surface area contributed by atoms with Gasteiger partial charge in [0.2, 0.25) is 0 Å². The van der Waals surface area contributed by atoms with E-state index in [9.17, 15) is 13.6 Å². The number of halogens is 2. The Morgan fingerprint density at radius 2 is 2.05 bits per heavy atom. The third kappa shape index (κ3) is 3.20. The first-order valence-corrected chi connectivity index (χ1v) is 7.03. The lowest BCUT2D eigenvalue weighted by Gasteiger charge is -2.11. The van der Waals surface area contributed by atoms with Crippen LogP contribution in [0.25, 0.3) is 0 Å². The van der Waals surface area contributed by atoms with E-state index in [1.165, 1.54) is 43.5 Å². The molecular formula is C15H16F2N2O2. The highest BCUT2D eigenvalue weighted by Crippen LogP contribution is 2.42. The summed E-state index contributed by atoms with van der Waals surface area (Å²) in [5.41, 5.74) is 3.99. The molecule has 21 heavy (non-hydrogen) atoms. The van der Waals surface area contributed by atoms with Crippen LogP contribution in [0.4, 0.5) is 8.78 Å². The van der Waals surface area contributed by atoms with Crippen molar-refractivity contribution in [1.29, 1.82) is 0 Å². The molecule has 0 unspecified atom stereocenters. The largest absolute Gasteiger partial charge is 0.435 e. The smallest absolute Gasteiger partial charge is 0.387 e. The molecule has 1 aromatic rings. The zero-order chi connectivity index (χ0) is 14.8. The topological polar surface area (TPSA) is 50.7 Å². The molecule has 2 bridgehead atoms. The van der Waals surface area contributed by atoms with Gasteiger partial charge in [-0.2, -0.15) is 13.9 Å². The molecule has 0 aromatic heterocycles. The second kappa shape index (κ2) is 5.79. The lowest BCUT2D eigenvalue weighted by atomic mass is 9.99. The Morgan fingerprint density at radius 3 is 2.62 bits per heavy atom. The monoisotopic (exact) mass is 294 g/mol. The number of hydrazone groups is 1. The van der Waals surface area contributed by atoms with E-state index in [-0.39, 0.29) is 11.7 Å². The first-order valence-electron chi connectivity index (χ1n) is 7.03. The summed E-state index contributed by atoms with van der Waals surface area (Å²) in [5.74, 6) is 0.948. The van der Waals surface area contributed by atoms with E-state index in [4.69, 9.17) is 0 Å². The maximum Gasteiger partial charge on any atom is 0.387 e. The standard InChI is InChI=1S/C15H16F2N2O2/c16-15(17)21-12-5-3-10(4-6-12)14(20)19-18-13-8-9-1-2-11(13)7-9/h3-6,9,11,15H,1-2,7-8H2,(H,19,20)/b18-13+/t9-,11+/m1/s1. The summed E-state index contributed by atoms with van der Waals surface area (Å²) in [6.45, 7) is -2.87. The third-order valence-corrected chi connectivity index (χ3v) is 4.15. The van der Waals surface area contributed by atoms with Gasteiger partial charge in [0.15, 0.2) is 0 Å². The molecule has 0 heterocycles. The summed E-state index contributed by atoms with van der Waals surface area (Å²) in [4.78, 5) is 11.9. The molecule has 0 aliphatic heterocycles. The predicted octanol–water partition coefficient (Wildman–Crippen LogP) is 3.19. The van der Waals surface area contributed by atoms with Crippen LogP contribution < -0.4 is 10.2 Å². The van der Waals surface area contributed by atoms with Gasteiger partial charge in [-0.15, -0.1) is 0 Å². The second-order valence-corrected chi connectivity index (χ2v) is 5.53. The average Bonchev–Trinajstić information content (AvgIpc) is 3.07. The van der Waals surface area contributed by atoms with Gasteiger partial charge in [-0.25, -0.2) is 5.43 Å². The lowest BCUT2D eigenvalue weighted by Crippen LogP contribution is -2.21. The highest BCUT2D eigenvalue weighted by Gasteiger charge is 2.36. The summed E-state index contributed by atoms with van der Waals surface area (Å²) >= 11 is 0. The van der Waals surface area contributed by atoms with E-state index < -0.39 is 6.61 Å². The number of ether oxygens (including phenoxy) is 1. The molecule has 0 radical (unpaired) electrons. The Balaban J connectivity index is 1.59. The molecule has 2 aliphatic carbocycles. The minimum atomic E-state index is -2.87. The van der Waals surface area contributed by atoms with Crippen molar-refractivity contribution in [3.63, 3.8) is 0 Å². The highest BCUT2D eigenvalue weighted by atomic mass is 19.3. The van der Waals surface area contributed by atoms with Crippen molar-refractivity contribution in [3.8, 4) is 5.75 Å². The van der Waals surface area contributed by atoms with Crippen LogP contribution >= 0.6 is 0 Å². The fourth-order valence-corrected chi connectivity index (χ4v) is 3.14. The number of amides is 1. The molecule has 112 valence electrons. The average molecular weight is 294 g/mol. The van der Waals surface area contributed by atoms with Crippen molar-refractivity contribution in [2.24, 2.45) is 16.9 Å². The van der Waals surface area contributed by atoms with E-state index in [0.717, 1.165) is 18.1 Å². The predicted molar refractivity (Wildman–Crippen MR) is 73.4 cm³/mol. The molecule has 1 amide bonds. The number of rotatable bonds is 4. The zero-order valence-electron chi connectivity index (χ0n) is 11.4. The van der Waals surface area contributed by atoms with Gasteiger partial charge in [0.1, 0.15) is 5.75 Å². The molecule has 1 aromatic carbocycles. The first-order chi connectivity index (χ1) is 10.1. The summed E-state index contributed by atoms with van der Waals surface area (Å²) in [6.07, 6.45) is 4.60. The fraction of sp³-hybridized carbons (Fsp3) is 0.467. The minimum absolute atomic E-state index is 0.0287. The van der Waals surface area contributed by atoms with Crippen molar-refractivity contribution < 1.29 is 18.3 Å². The van der Waals surface area contributed by atoms with Gasteiger partial charge in [0, 0.05) is 11.3 Å². The summed E-state index contributed by atoms with van der Waals surface area (Å²) in [5, 5.41) is 4.22. The summed E-state index contributed by atoms with van der Waals surface area (Å²) in [6, 6.07) is 5.56. The normalized spacial score (nSPS) is 25.6. The van der Waals surface area contributed by atoms with Gasteiger partial charge in [0.05, 0.1) is 0 Å².